The summed E-state index contributed by atoms with van der Waals surface area (Å²) in [5.74, 6) is 3.45. The van der Waals surface area contributed by atoms with Crippen LogP contribution >= 0.6 is 24.0 Å². The van der Waals surface area contributed by atoms with E-state index in [9.17, 15) is 0 Å². The minimum Gasteiger partial charge on any atom is -0.497 e. The standard InChI is InChI=1S/C25H35N5O2.HI/c1-26-25(29-16-14-28(15-17-29)21-8-10-22(31-2)11-9-21)27-18-20-12-13-30(19-20)23-6-4-5-7-24(23)32-3;/h4-11,20H,12-19H2,1-3H3,(H,26,27);1H. The van der Waals surface area contributed by atoms with E-state index in [0.717, 1.165) is 63.3 Å². The number of nitrogens with zero attached hydrogens (tertiary/aromatic N) is 4. The second kappa shape index (κ2) is 12.2. The van der Waals surface area contributed by atoms with Crippen molar-refractivity contribution in [1.29, 1.82) is 0 Å². The number of hydrogen-bond donors (Lipinski definition) is 1. The summed E-state index contributed by atoms with van der Waals surface area (Å²) >= 11 is 0. The molecule has 0 saturated carbocycles. The lowest BCUT2D eigenvalue weighted by Crippen LogP contribution is -2.53. The molecule has 2 aliphatic rings. The van der Waals surface area contributed by atoms with E-state index in [4.69, 9.17) is 9.47 Å². The maximum absolute atomic E-state index is 5.55. The molecular formula is C25H36IN5O2. The quantitative estimate of drug-likeness (QED) is 0.329. The minimum absolute atomic E-state index is 0. The topological polar surface area (TPSA) is 52.6 Å². The van der Waals surface area contributed by atoms with Crippen LogP contribution in [0.5, 0.6) is 11.5 Å². The predicted octanol–water partition coefficient (Wildman–Crippen LogP) is 3.55. The average molecular weight is 566 g/mol. The number of guanidine groups is 1. The number of anilines is 2. The van der Waals surface area contributed by atoms with E-state index >= 15 is 0 Å². The molecule has 0 radical (unpaired) electrons. The molecule has 2 fully saturated rings. The number of nitrogens with one attached hydrogen (secondary N) is 1. The average Bonchev–Trinajstić information content (AvgIpc) is 3.33. The fourth-order valence-corrected chi connectivity index (χ4v) is 4.65. The van der Waals surface area contributed by atoms with Gasteiger partial charge in [0.25, 0.3) is 0 Å². The molecule has 2 heterocycles. The molecule has 0 aromatic heterocycles. The van der Waals surface area contributed by atoms with Gasteiger partial charge in [0.1, 0.15) is 11.5 Å². The molecule has 2 aromatic rings. The fraction of sp³-hybridized carbons (Fsp3) is 0.480. The van der Waals surface area contributed by atoms with Crippen molar-refractivity contribution in [2.45, 2.75) is 6.42 Å². The molecule has 0 spiro atoms. The lowest BCUT2D eigenvalue weighted by atomic mass is 10.1. The van der Waals surface area contributed by atoms with Crippen molar-refractivity contribution in [1.82, 2.24) is 10.2 Å². The van der Waals surface area contributed by atoms with Crippen LogP contribution in [0.15, 0.2) is 53.5 Å². The van der Waals surface area contributed by atoms with Crippen LogP contribution < -0.4 is 24.6 Å². The van der Waals surface area contributed by atoms with Crippen LogP contribution in [0, 0.1) is 5.92 Å². The van der Waals surface area contributed by atoms with E-state index in [1.54, 1.807) is 14.2 Å². The molecule has 1 N–H and O–H groups in total. The summed E-state index contributed by atoms with van der Waals surface area (Å²) < 4.78 is 10.8. The Bertz CT molecular complexity index is 900. The van der Waals surface area contributed by atoms with Gasteiger partial charge in [-0.05, 0) is 48.7 Å². The summed E-state index contributed by atoms with van der Waals surface area (Å²) in [5.41, 5.74) is 2.44. The summed E-state index contributed by atoms with van der Waals surface area (Å²) in [5, 5.41) is 3.63. The number of para-hydroxylation sites is 2. The molecule has 0 bridgehead atoms. The van der Waals surface area contributed by atoms with Crippen LogP contribution in [-0.4, -0.2) is 77.9 Å². The number of aliphatic imine (C=N–C) groups is 1. The highest BCUT2D eigenvalue weighted by Gasteiger charge is 2.26. The highest BCUT2D eigenvalue weighted by molar-refractivity contribution is 14.0. The molecule has 0 aliphatic carbocycles. The van der Waals surface area contributed by atoms with Crippen molar-refractivity contribution in [2.75, 3.05) is 76.9 Å². The van der Waals surface area contributed by atoms with Crippen LogP contribution in [0.3, 0.4) is 0 Å². The van der Waals surface area contributed by atoms with Crippen LogP contribution in [0.4, 0.5) is 11.4 Å². The van der Waals surface area contributed by atoms with E-state index in [2.05, 4.69) is 49.3 Å². The Morgan fingerprint density at radius 2 is 1.67 bits per heavy atom. The van der Waals surface area contributed by atoms with Gasteiger partial charge in [0, 0.05) is 58.5 Å². The Balaban J connectivity index is 0.00000306. The van der Waals surface area contributed by atoms with Gasteiger partial charge in [0.2, 0.25) is 0 Å². The highest BCUT2D eigenvalue weighted by atomic mass is 127. The van der Waals surface area contributed by atoms with E-state index in [1.165, 1.54) is 17.8 Å². The van der Waals surface area contributed by atoms with Crippen LogP contribution in [0.2, 0.25) is 0 Å². The third-order valence-electron chi connectivity index (χ3n) is 6.49. The Morgan fingerprint density at radius 1 is 0.939 bits per heavy atom. The first-order valence-electron chi connectivity index (χ1n) is 11.4. The van der Waals surface area contributed by atoms with E-state index in [1.807, 2.05) is 31.3 Å². The van der Waals surface area contributed by atoms with Crippen LogP contribution in [0.1, 0.15) is 6.42 Å². The van der Waals surface area contributed by atoms with Crippen LogP contribution in [-0.2, 0) is 0 Å². The molecule has 4 rings (SSSR count). The van der Waals surface area contributed by atoms with E-state index < -0.39 is 0 Å². The molecule has 8 heteroatoms. The van der Waals surface area contributed by atoms with Crippen molar-refractivity contribution in [3.63, 3.8) is 0 Å². The number of piperazine rings is 1. The highest BCUT2D eigenvalue weighted by Crippen LogP contribution is 2.31. The summed E-state index contributed by atoms with van der Waals surface area (Å²) in [4.78, 5) is 11.8. The van der Waals surface area contributed by atoms with Gasteiger partial charge in [-0.2, -0.15) is 0 Å². The first kappa shape index (κ1) is 25.3. The van der Waals surface area contributed by atoms with E-state index in [0.29, 0.717) is 5.92 Å². The van der Waals surface area contributed by atoms with Crippen molar-refractivity contribution < 1.29 is 9.47 Å². The molecule has 1 unspecified atom stereocenters. The summed E-state index contributed by atoms with van der Waals surface area (Å²) in [6, 6.07) is 16.6. The van der Waals surface area contributed by atoms with Crippen molar-refractivity contribution in [3.05, 3.63) is 48.5 Å². The molecule has 0 amide bonds. The summed E-state index contributed by atoms with van der Waals surface area (Å²) in [7, 11) is 5.33. The molecule has 33 heavy (non-hydrogen) atoms. The lowest BCUT2D eigenvalue weighted by Gasteiger charge is -2.38. The second-order valence-corrected chi connectivity index (χ2v) is 8.37. The third kappa shape index (κ3) is 6.16. The van der Waals surface area contributed by atoms with Gasteiger partial charge in [0.15, 0.2) is 5.96 Å². The van der Waals surface area contributed by atoms with E-state index in [-0.39, 0.29) is 24.0 Å². The molecule has 2 aromatic carbocycles. The maximum Gasteiger partial charge on any atom is 0.193 e. The first-order valence-corrected chi connectivity index (χ1v) is 11.4. The molecule has 7 nitrogen and oxygen atoms in total. The Morgan fingerprint density at radius 3 is 2.33 bits per heavy atom. The molecule has 180 valence electrons. The third-order valence-corrected chi connectivity index (χ3v) is 6.49. The normalized spacial score (nSPS) is 18.7. The van der Waals surface area contributed by atoms with Gasteiger partial charge in [-0.15, -0.1) is 24.0 Å². The fourth-order valence-electron chi connectivity index (χ4n) is 4.65. The lowest BCUT2D eigenvalue weighted by molar-refractivity contribution is 0.369. The van der Waals surface area contributed by atoms with Gasteiger partial charge in [-0.25, -0.2) is 0 Å². The maximum atomic E-state index is 5.55. The van der Waals surface area contributed by atoms with Crippen molar-refractivity contribution >= 4 is 41.3 Å². The number of rotatable bonds is 6. The predicted molar refractivity (Wildman–Crippen MR) is 147 cm³/mol. The largest absolute Gasteiger partial charge is 0.497 e. The van der Waals surface area contributed by atoms with Crippen molar-refractivity contribution in [2.24, 2.45) is 10.9 Å². The monoisotopic (exact) mass is 565 g/mol. The Labute approximate surface area is 214 Å². The smallest absolute Gasteiger partial charge is 0.193 e. The number of benzene rings is 2. The zero-order valence-corrected chi connectivity index (χ0v) is 22.2. The van der Waals surface area contributed by atoms with Gasteiger partial charge < -0.3 is 29.5 Å². The molecule has 2 aliphatic heterocycles. The first-order chi connectivity index (χ1) is 15.7. The van der Waals surface area contributed by atoms with Gasteiger partial charge in [-0.3, -0.25) is 4.99 Å². The Hall–Kier alpha value is -2.36. The van der Waals surface area contributed by atoms with Gasteiger partial charge in [0.05, 0.1) is 19.9 Å². The van der Waals surface area contributed by atoms with Gasteiger partial charge in [-0.1, -0.05) is 12.1 Å². The van der Waals surface area contributed by atoms with Crippen LogP contribution in [0.25, 0.3) is 0 Å². The van der Waals surface area contributed by atoms with Crippen molar-refractivity contribution in [3.8, 4) is 11.5 Å². The SMILES string of the molecule is CN=C(NCC1CCN(c2ccccc2OC)C1)N1CCN(c2ccc(OC)cc2)CC1.I. The second-order valence-electron chi connectivity index (χ2n) is 8.37. The zero-order chi connectivity index (χ0) is 22.3. The molecule has 1 atom stereocenters. The summed E-state index contributed by atoms with van der Waals surface area (Å²) in [6.07, 6.45) is 1.17. The Kier molecular flexibility index (Phi) is 9.34. The summed E-state index contributed by atoms with van der Waals surface area (Å²) in [6.45, 7) is 6.93. The number of methoxy groups -OCH3 is 2. The zero-order valence-electron chi connectivity index (χ0n) is 19.9. The number of hydrogen-bond acceptors (Lipinski definition) is 5. The minimum atomic E-state index is 0. The molecular weight excluding hydrogens is 529 g/mol. The number of halogens is 1. The number of ether oxygens (including phenoxy) is 2. The van der Waals surface area contributed by atoms with Gasteiger partial charge >= 0.3 is 0 Å². The molecule has 2 saturated heterocycles.